The van der Waals surface area contributed by atoms with Crippen molar-refractivity contribution in [2.75, 3.05) is 18.8 Å². The Bertz CT molecular complexity index is 970. The van der Waals surface area contributed by atoms with Gasteiger partial charge in [0.2, 0.25) is 5.91 Å². The highest BCUT2D eigenvalue weighted by Crippen LogP contribution is 2.38. The van der Waals surface area contributed by atoms with Crippen LogP contribution in [-0.4, -0.2) is 71.8 Å². The number of aliphatic carboxylic acids is 1. The monoisotopic (exact) mass is 495 g/mol. The lowest BCUT2D eigenvalue weighted by atomic mass is 9.86. The van der Waals surface area contributed by atoms with Gasteiger partial charge in [-0.15, -0.1) is 0 Å². The quantitative estimate of drug-likeness (QED) is 0.647. The molecule has 0 unspecified atom stereocenters. The smallest absolute Gasteiger partial charge is 0.475 e. The molecule has 9 nitrogen and oxygen atoms in total. The summed E-state index contributed by atoms with van der Waals surface area (Å²) in [6, 6.07) is 0.291. The zero-order valence-electron chi connectivity index (χ0n) is 18.4. The van der Waals surface area contributed by atoms with E-state index in [1.165, 1.54) is 6.42 Å². The maximum atomic E-state index is 12.7. The minimum Gasteiger partial charge on any atom is -0.475 e. The van der Waals surface area contributed by atoms with Crippen LogP contribution >= 0.6 is 0 Å². The molecule has 0 spiro atoms. The Morgan fingerprint density at radius 3 is 2.33 bits per heavy atom. The number of carbonyl (C=O) groups excluding carboxylic acids is 1. The fourth-order valence-corrected chi connectivity index (χ4v) is 6.70. The van der Waals surface area contributed by atoms with Gasteiger partial charge in [-0.05, 0) is 39.5 Å². The lowest BCUT2D eigenvalue weighted by Crippen LogP contribution is -2.50. The molecule has 1 aromatic heterocycles. The van der Waals surface area contributed by atoms with Crippen LogP contribution in [0.4, 0.5) is 13.2 Å². The van der Waals surface area contributed by atoms with Gasteiger partial charge in [0.1, 0.15) is 5.76 Å². The number of carboxylic acid groups (broad SMARTS) is 1. The molecule has 3 atom stereocenters. The van der Waals surface area contributed by atoms with Crippen molar-refractivity contribution in [2.45, 2.75) is 63.5 Å². The van der Waals surface area contributed by atoms with Gasteiger partial charge in [0, 0.05) is 43.1 Å². The minimum absolute atomic E-state index is 0.0544. The third kappa shape index (κ3) is 5.86. The predicted octanol–water partition coefficient (Wildman–Crippen LogP) is 1.83. The average Bonchev–Trinajstić information content (AvgIpc) is 3.24. The molecule has 0 bridgehead atoms. The van der Waals surface area contributed by atoms with E-state index in [0.717, 1.165) is 29.9 Å². The van der Waals surface area contributed by atoms with E-state index in [2.05, 4.69) is 15.4 Å². The number of rotatable bonds is 4. The van der Waals surface area contributed by atoms with Gasteiger partial charge in [-0.1, -0.05) is 5.16 Å². The molecule has 186 valence electrons. The fourth-order valence-electron chi connectivity index (χ4n) is 4.57. The number of alkyl halides is 3. The van der Waals surface area contributed by atoms with Crippen LogP contribution in [0.15, 0.2) is 4.52 Å². The van der Waals surface area contributed by atoms with Crippen LogP contribution in [-0.2, 0) is 26.0 Å². The van der Waals surface area contributed by atoms with E-state index in [1.807, 2.05) is 13.8 Å². The molecule has 2 saturated heterocycles. The van der Waals surface area contributed by atoms with Crippen molar-refractivity contribution in [1.82, 2.24) is 15.4 Å². The van der Waals surface area contributed by atoms with Crippen LogP contribution in [0, 0.1) is 25.7 Å². The zero-order chi connectivity index (χ0) is 24.6. The van der Waals surface area contributed by atoms with E-state index >= 15 is 0 Å². The molecule has 1 aromatic rings. The second-order valence-electron chi connectivity index (χ2n) is 8.90. The van der Waals surface area contributed by atoms with Gasteiger partial charge < -0.3 is 14.9 Å². The van der Waals surface area contributed by atoms with Crippen LogP contribution in [0.3, 0.4) is 0 Å². The summed E-state index contributed by atoms with van der Waals surface area (Å²) in [7, 11) is -3.14. The van der Waals surface area contributed by atoms with E-state index in [0.29, 0.717) is 32.1 Å². The van der Waals surface area contributed by atoms with Crippen molar-refractivity contribution in [3.8, 4) is 0 Å². The Morgan fingerprint density at radius 2 is 1.85 bits per heavy atom. The van der Waals surface area contributed by atoms with Crippen molar-refractivity contribution in [3.63, 3.8) is 0 Å². The van der Waals surface area contributed by atoms with Crippen LogP contribution in [0.25, 0.3) is 0 Å². The highest BCUT2D eigenvalue weighted by Gasteiger charge is 2.50. The number of amides is 1. The summed E-state index contributed by atoms with van der Waals surface area (Å²) >= 11 is 0. The fraction of sp³-hybridized carbons (Fsp3) is 0.750. The Morgan fingerprint density at radius 1 is 1.21 bits per heavy atom. The molecule has 33 heavy (non-hydrogen) atoms. The van der Waals surface area contributed by atoms with Crippen molar-refractivity contribution in [2.24, 2.45) is 11.8 Å². The largest absolute Gasteiger partial charge is 0.490 e. The van der Waals surface area contributed by atoms with Gasteiger partial charge in [0.05, 0.1) is 16.7 Å². The predicted molar refractivity (Wildman–Crippen MR) is 110 cm³/mol. The van der Waals surface area contributed by atoms with Gasteiger partial charge in [-0.25, -0.2) is 13.2 Å². The number of likely N-dealkylation sites (tertiary alicyclic amines) is 1. The number of hydrogen-bond donors (Lipinski definition) is 2. The number of halogens is 3. The maximum absolute atomic E-state index is 12.7. The van der Waals surface area contributed by atoms with Gasteiger partial charge >= 0.3 is 12.1 Å². The average molecular weight is 496 g/mol. The number of sulfone groups is 1. The molecule has 0 aromatic carbocycles. The van der Waals surface area contributed by atoms with Crippen LogP contribution in [0.1, 0.15) is 42.7 Å². The third-order valence-corrected chi connectivity index (χ3v) is 8.90. The van der Waals surface area contributed by atoms with Crippen LogP contribution < -0.4 is 5.32 Å². The second-order valence-corrected chi connectivity index (χ2v) is 11.2. The summed E-state index contributed by atoms with van der Waals surface area (Å²) in [5.41, 5.74) is 1.87. The summed E-state index contributed by atoms with van der Waals surface area (Å²) in [4.78, 5) is 23.8. The van der Waals surface area contributed by atoms with Gasteiger partial charge in [-0.2, -0.15) is 13.2 Å². The van der Waals surface area contributed by atoms with E-state index in [1.54, 1.807) is 0 Å². The Kier molecular flexibility index (Phi) is 7.42. The number of carbonyl (C=O) groups is 2. The number of hydrogen-bond acceptors (Lipinski definition) is 7. The maximum Gasteiger partial charge on any atom is 0.490 e. The van der Waals surface area contributed by atoms with E-state index in [9.17, 15) is 26.4 Å². The number of nitrogens with zero attached hydrogens (tertiary/aromatic N) is 2. The molecule has 0 radical (unpaired) electrons. The molecule has 3 aliphatic rings. The lowest BCUT2D eigenvalue weighted by Gasteiger charge is -2.34. The summed E-state index contributed by atoms with van der Waals surface area (Å²) in [5.74, 6) is -2.12. The lowest BCUT2D eigenvalue weighted by molar-refractivity contribution is -0.192. The summed E-state index contributed by atoms with van der Waals surface area (Å²) in [6.45, 7) is 5.53. The Labute approximate surface area is 189 Å². The molecule has 1 aliphatic carbocycles. The highest BCUT2D eigenvalue weighted by atomic mass is 32.2. The Balaban J connectivity index is 0.000000383. The Hall–Kier alpha value is -2.15. The summed E-state index contributed by atoms with van der Waals surface area (Å²) in [6.07, 6.45) is -1.38. The number of fused-ring (bicyclic) bond motifs is 1. The van der Waals surface area contributed by atoms with Crippen molar-refractivity contribution in [3.05, 3.63) is 17.0 Å². The topological polar surface area (TPSA) is 130 Å². The molecule has 13 heteroatoms. The molecule has 1 saturated carbocycles. The summed E-state index contributed by atoms with van der Waals surface area (Å²) in [5, 5.41) is 13.8. The zero-order valence-corrected chi connectivity index (χ0v) is 19.2. The van der Waals surface area contributed by atoms with Crippen LogP contribution in [0.2, 0.25) is 0 Å². The first kappa shape index (κ1) is 25.5. The van der Waals surface area contributed by atoms with Crippen molar-refractivity contribution < 1.29 is 40.8 Å². The van der Waals surface area contributed by atoms with E-state index < -0.39 is 27.2 Å². The number of carboxylic acids is 1. The number of aryl methyl sites for hydroxylation is 2. The minimum atomic E-state index is -5.08. The molecule has 4 rings (SSSR count). The normalized spacial score (nSPS) is 27.1. The summed E-state index contributed by atoms with van der Waals surface area (Å²) < 4.78 is 62.2. The second kappa shape index (κ2) is 9.61. The molecule has 2 N–H and O–H groups in total. The van der Waals surface area contributed by atoms with Gasteiger partial charge in [0.25, 0.3) is 0 Å². The first-order valence-electron chi connectivity index (χ1n) is 10.8. The molecule has 3 fully saturated rings. The van der Waals surface area contributed by atoms with Crippen molar-refractivity contribution >= 4 is 21.7 Å². The molecule has 1 amide bonds. The molecular formula is C20H28F3N3O6S. The first-order valence-corrected chi connectivity index (χ1v) is 12.5. The first-order chi connectivity index (χ1) is 15.3. The SMILES string of the molecule is Cc1noc(C)c1CN1C[C@@H]2[C@@H](C(=O)NC3CCC3)CCS(=O)(=O)[C@@H]2C1.O=C(O)C(F)(F)F. The molecule has 3 heterocycles. The van der Waals surface area contributed by atoms with Crippen LogP contribution in [0.5, 0.6) is 0 Å². The standard InChI is InChI=1S/C18H27N3O4S.C2HF3O2/c1-11-15(12(2)25-20-11)8-21-9-16-14(18(22)19-13-4-3-5-13)6-7-26(23,24)17(16)10-21;3-2(4,5)1(6)7/h13-14,16-17H,3-10H2,1-2H3,(H,19,22);(H,6,7)/t14-,16+,17+;/m0./s1. The highest BCUT2D eigenvalue weighted by molar-refractivity contribution is 7.92. The molecular weight excluding hydrogens is 467 g/mol. The number of aromatic nitrogens is 1. The molecule has 2 aliphatic heterocycles. The van der Waals surface area contributed by atoms with Crippen molar-refractivity contribution in [1.29, 1.82) is 0 Å². The third-order valence-electron chi connectivity index (χ3n) is 6.67. The van der Waals surface area contributed by atoms with Gasteiger partial charge in [-0.3, -0.25) is 9.69 Å². The van der Waals surface area contributed by atoms with E-state index in [4.69, 9.17) is 14.4 Å². The van der Waals surface area contributed by atoms with Gasteiger partial charge in [0.15, 0.2) is 9.84 Å². The van der Waals surface area contributed by atoms with E-state index in [-0.39, 0.29) is 23.5 Å². The number of nitrogens with one attached hydrogen (secondary N) is 1.